The highest BCUT2D eigenvalue weighted by atomic mass is 32.1. The Bertz CT molecular complexity index is 732. The summed E-state index contributed by atoms with van der Waals surface area (Å²) in [5.74, 6) is -0.795. The Morgan fingerprint density at radius 3 is 2.75 bits per heavy atom. The number of hydrogen-bond acceptors (Lipinski definition) is 5. The lowest BCUT2D eigenvalue weighted by atomic mass is 10.2. The molecule has 2 amide bonds. The molecule has 3 rings (SSSR count). The molecule has 0 aliphatic heterocycles. The number of nitrogens with zero attached hydrogens (tertiary/aromatic N) is 2. The van der Waals surface area contributed by atoms with Gasteiger partial charge in [-0.05, 0) is 29.6 Å². The van der Waals surface area contributed by atoms with Crippen LogP contribution in [0.2, 0.25) is 0 Å². The Morgan fingerprint density at radius 1 is 1.21 bits per heavy atom. The van der Waals surface area contributed by atoms with Crippen LogP contribution in [0.4, 0.5) is 0 Å². The summed E-state index contributed by atoms with van der Waals surface area (Å²) in [5, 5.41) is 11.4. The zero-order valence-corrected chi connectivity index (χ0v) is 13.5. The minimum absolute atomic E-state index is 0.151. The van der Waals surface area contributed by atoms with Crippen molar-refractivity contribution in [2.45, 2.75) is 12.6 Å². The minimum Gasteiger partial charge on any atom is -0.467 e. The van der Waals surface area contributed by atoms with Crippen molar-refractivity contribution in [2.24, 2.45) is 0 Å². The first-order valence-corrected chi connectivity index (χ1v) is 8.23. The van der Waals surface area contributed by atoms with E-state index < -0.39 is 11.8 Å². The third kappa shape index (κ3) is 3.90. The topological polar surface area (TPSA) is 89.2 Å². The zero-order valence-electron chi connectivity index (χ0n) is 12.7. The van der Waals surface area contributed by atoms with Crippen LogP contribution in [0.25, 0.3) is 0 Å². The first-order chi connectivity index (χ1) is 11.7. The average molecular weight is 344 g/mol. The van der Waals surface area contributed by atoms with Crippen molar-refractivity contribution in [3.63, 3.8) is 0 Å². The number of amides is 2. The van der Waals surface area contributed by atoms with E-state index in [0.717, 1.165) is 4.88 Å². The maximum absolute atomic E-state index is 12.0. The summed E-state index contributed by atoms with van der Waals surface area (Å²) in [7, 11) is 0. The van der Waals surface area contributed by atoms with E-state index in [-0.39, 0.29) is 19.1 Å². The molecule has 3 aromatic heterocycles. The largest absolute Gasteiger partial charge is 0.467 e. The Morgan fingerprint density at radius 2 is 2.08 bits per heavy atom. The van der Waals surface area contributed by atoms with Gasteiger partial charge >= 0.3 is 11.8 Å². The smallest absolute Gasteiger partial charge is 0.309 e. The minimum atomic E-state index is -0.697. The molecule has 1 atom stereocenters. The monoisotopic (exact) mass is 344 g/mol. The molecule has 0 aromatic carbocycles. The van der Waals surface area contributed by atoms with E-state index in [1.54, 1.807) is 34.3 Å². The van der Waals surface area contributed by atoms with Gasteiger partial charge in [0.2, 0.25) is 0 Å². The summed E-state index contributed by atoms with van der Waals surface area (Å²) in [4.78, 5) is 24.9. The number of hydrogen-bond donors (Lipinski definition) is 2. The van der Waals surface area contributed by atoms with Gasteiger partial charge < -0.3 is 15.1 Å². The first-order valence-electron chi connectivity index (χ1n) is 7.35. The fourth-order valence-electron chi connectivity index (χ4n) is 2.20. The molecule has 0 fully saturated rings. The van der Waals surface area contributed by atoms with Gasteiger partial charge in [0.15, 0.2) is 0 Å². The Labute approximate surface area is 142 Å². The fourth-order valence-corrected chi connectivity index (χ4v) is 3.02. The van der Waals surface area contributed by atoms with E-state index in [1.165, 1.54) is 6.26 Å². The van der Waals surface area contributed by atoms with Gasteiger partial charge in [-0.3, -0.25) is 14.3 Å². The van der Waals surface area contributed by atoms with Crippen LogP contribution < -0.4 is 10.6 Å². The van der Waals surface area contributed by atoms with Crippen molar-refractivity contribution >= 4 is 23.2 Å². The number of thiophene rings is 1. The molecule has 0 saturated heterocycles. The van der Waals surface area contributed by atoms with Crippen molar-refractivity contribution < 1.29 is 14.0 Å². The number of carbonyl (C=O) groups excluding carboxylic acids is 2. The number of aromatic nitrogens is 2. The van der Waals surface area contributed by atoms with Crippen molar-refractivity contribution in [1.82, 2.24) is 20.4 Å². The van der Waals surface area contributed by atoms with Crippen molar-refractivity contribution in [3.8, 4) is 0 Å². The van der Waals surface area contributed by atoms with Gasteiger partial charge in [-0.25, -0.2) is 0 Å². The Kier molecular flexibility index (Phi) is 5.07. The van der Waals surface area contributed by atoms with Crippen molar-refractivity contribution in [1.29, 1.82) is 0 Å². The Balaban J connectivity index is 1.56. The summed E-state index contributed by atoms with van der Waals surface area (Å²) >= 11 is 1.57. The molecule has 0 unspecified atom stereocenters. The maximum Gasteiger partial charge on any atom is 0.309 e. The highest BCUT2D eigenvalue weighted by Crippen LogP contribution is 2.21. The van der Waals surface area contributed by atoms with E-state index in [9.17, 15) is 9.59 Å². The van der Waals surface area contributed by atoms with Crippen molar-refractivity contribution in [2.75, 3.05) is 6.54 Å². The summed E-state index contributed by atoms with van der Waals surface area (Å²) < 4.78 is 6.86. The van der Waals surface area contributed by atoms with Crippen LogP contribution in [0.1, 0.15) is 16.7 Å². The van der Waals surface area contributed by atoms with E-state index in [0.29, 0.717) is 5.76 Å². The molecule has 124 valence electrons. The molecule has 3 heterocycles. The van der Waals surface area contributed by atoms with Crippen LogP contribution in [0.3, 0.4) is 0 Å². The van der Waals surface area contributed by atoms with Crippen LogP contribution >= 0.6 is 11.3 Å². The average Bonchev–Trinajstić information content (AvgIpc) is 3.35. The van der Waals surface area contributed by atoms with Crippen LogP contribution in [0.15, 0.2) is 58.8 Å². The second kappa shape index (κ2) is 7.60. The van der Waals surface area contributed by atoms with Crippen LogP contribution in [-0.4, -0.2) is 28.1 Å². The predicted molar refractivity (Wildman–Crippen MR) is 88.2 cm³/mol. The zero-order chi connectivity index (χ0) is 16.8. The van der Waals surface area contributed by atoms with E-state index >= 15 is 0 Å². The number of rotatable bonds is 6. The molecule has 7 nitrogen and oxygen atoms in total. The SMILES string of the molecule is O=C(NCc1ccco1)C(=O)NC[C@H](c1cccs1)n1cccn1. The second-order valence-corrected chi connectivity index (χ2v) is 5.97. The van der Waals surface area contributed by atoms with Crippen molar-refractivity contribution in [3.05, 3.63) is 65.0 Å². The molecule has 0 aliphatic rings. The molecular formula is C16H16N4O3S. The third-order valence-corrected chi connectivity index (χ3v) is 4.35. The van der Waals surface area contributed by atoms with Gasteiger partial charge in [0.05, 0.1) is 12.8 Å². The van der Waals surface area contributed by atoms with Gasteiger partial charge in [0, 0.05) is 23.8 Å². The van der Waals surface area contributed by atoms with E-state index in [4.69, 9.17) is 4.42 Å². The molecule has 0 saturated carbocycles. The highest BCUT2D eigenvalue weighted by molar-refractivity contribution is 7.10. The second-order valence-electron chi connectivity index (χ2n) is 4.99. The summed E-state index contributed by atoms with van der Waals surface area (Å²) in [6.45, 7) is 0.446. The van der Waals surface area contributed by atoms with Crippen LogP contribution in [0.5, 0.6) is 0 Å². The summed E-state index contributed by atoms with van der Waals surface area (Å²) in [5.41, 5.74) is 0. The lowest BCUT2D eigenvalue weighted by Gasteiger charge is -2.16. The molecular weight excluding hydrogens is 328 g/mol. The molecule has 3 aromatic rings. The molecule has 0 bridgehead atoms. The van der Waals surface area contributed by atoms with Gasteiger partial charge in [0.1, 0.15) is 11.8 Å². The lowest BCUT2D eigenvalue weighted by molar-refractivity contribution is -0.139. The standard InChI is InChI=1S/C16H16N4O3S/c21-15(17-10-12-4-1-8-23-12)16(22)18-11-13(14-5-2-9-24-14)20-7-3-6-19-20/h1-9,13H,10-11H2,(H,17,21)(H,18,22)/t13-/m1/s1. The molecule has 8 heteroatoms. The summed E-state index contributed by atoms with van der Waals surface area (Å²) in [6, 6.07) is 9.02. The fraction of sp³-hybridized carbons (Fsp3) is 0.188. The quantitative estimate of drug-likeness (QED) is 0.664. The van der Waals surface area contributed by atoms with Gasteiger partial charge in [-0.15, -0.1) is 11.3 Å². The molecule has 2 N–H and O–H groups in total. The number of furan rings is 1. The molecule has 0 spiro atoms. The highest BCUT2D eigenvalue weighted by Gasteiger charge is 2.19. The molecule has 0 aliphatic carbocycles. The number of carbonyl (C=O) groups is 2. The normalized spacial score (nSPS) is 11.8. The van der Waals surface area contributed by atoms with Crippen LogP contribution in [-0.2, 0) is 16.1 Å². The summed E-state index contributed by atoms with van der Waals surface area (Å²) in [6.07, 6.45) is 5.02. The van der Waals surface area contributed by atoms with E-state index in [1.807, 2.05) is 29.8 Å². The third-order valence-electron chi connectivity index (χ3n) is 3.38. The lowest BCUT2D eigenvalue weighted by Crippen LogP contribution is -2.41. The Hall–Kier alpha value is -2.87. The molecule has 0 radical (unpaired) electrons. The maximum atomic E-state index is 12.0. The van der Waals surface area contributed by atoms with Gasteiger partial charge in [-0.1, -0.05) is 6.07 Å². The number of nitrogens with one attached hydrogen (secondary N) is 2. The van der Waals surface area contributed by atoms with Crippen LogP contribution in [0, 0.1) is 0 Å². The predicted octanol–water partition coefficient (Wildman–Crippen LogP) is 1.56. The van der Waals surface area contributed by atoms with E-state index in [2.05, 4.69) is 15.7 Å². The molecule has 24 heavy (non-hydrogen) atoms. The van der Waals surface area contributed by atoms with Gasteiger partial charge in [-0.2, -0.15) is 5.10 Å². The van der Waals surface area contributed by atoms with Gasteiger partial charge in [0.25, 0.3) is 0 Å². The first kappa shape index (κ1) is 16.0.